The summed E-state index contributed by atoms with van der Waals surface area (Å²) < 4.78 is 4.72. The van der Waals surface area contributed by atoms with Crippen LogP contribution in [-0.2, 0) is 0 Å². The molecule has 13 aromatic rings. The number of aryl methyl sites for hydroxylation is 1. The Balaban J connectivity index is 1.08. The third kappa shape index (κ3) is 8.02. The molecule has 10 aromatic carbocycles. The quantitative estimate of drug-likeness (QED) is 0.137. The van der Waals surface area contributed by atoms with Gasteiger partial charge in [-0.3, -0.25) is 0 Å². The van der Waals surface area contributed by atoms with Crippen molar-refractivity contribution < 1.29 is 0 Å². The van der Waals surface area contributed by atoms with E-state index >= 15 is 0 Å². The van der Waals surface area contributed by atoms with E-state index in [-0.39, 0.29) is 0 Å². The van der Waals surface area contributed by atoms with Crippen LogP contribution >= 0.6 is 11.3 Å². The molecule has 13 rings (SSSR count). The van der Waals surface area contributed by atoms with Crippen LogP contribution in [0.1, 0.15) is 16.7 Å². The summed E-state index contributed by atoms with van der Waals surface area (Å²) in [5.74, 6) is 1.78. The standard InChI is InChI=1S/C68H46N4S/c1-4-44-17-12-22-48(35-44)50-24-14-26-54(37-50)66-69-67(55-27-15-25-51(38-55)49-23-13-18-45(5-2)36-49)71-68(70-66)61-42-56(41-60-59-40-53(31-33-64(59)73-65(60)61)47-21-11-16-43(3)34-47)72-62-29-10-9-28-57(62)58-39-52(30-32-63(58)72)46-19-7-6-8-20-46/h4-42H,1-2H2,3H3. The lowest BCUT2D eigenvalue weighted by Crippen LogP contribution is -2.02. The van der Waals surface area contributed by atoms with Gasteiger partial charge in [0, 0.05) is 53.3 Å². The SMILES string of the molecule is C=Cc1cccc(-c2cccc(-c3nc(-c4cccc(-c5cccc(C=C)c5)c4)nc(-c4cc(-n5c6ccccc6c6cc(-c7ccccc7)ccc65)cc5c4sc4ccc(-c6cccc(C)c6)cc45)n3)c2)c1. The maximum absolute atomic E-state index is 5.51. The summed E-state index contributed by atoms with van der Waals surface area (Å²) in [5, 5.41) is 4.71. The number of thiophene rings is 1. The molecule has 73 heavy (non-hydrogen) atoms. The Labute approximate surface area is 428 Å². The van der Waals surface area contributed by atoms with Gasteiger partial charge < -0.3 is 4.57 Å². The Morgan fingerprint density at radius 2 is 0.877 bits per heavy atom. The van der Waals surface area contributed by atoms with E-state index in [0.717, 1.165) is 76.9 Å². The van der Waals surface area contributed by atoms with E-state index in [4.69, 9.17) is 15.0 Å². The van der Waals surface area contributed by atoms with Crippen LogP contribution in [-0.4, -0.2) is 19.5 Å². The Kier molecular flexibility index (Phi) is 10.9. The lowest BCUT2D eigenvalue weighted by atomic mass is 9.99. The second kappa shape index (κ2) is 18.1. The average Bonchev–Trinajstić information content (AvgIpc) is 4.00. The van der Waals surface area contributed by atoms with Gasteiger partial charge in [0.1, 0.15) is 0 Å². The summed E-state index contributed by atoms with van der Waals surface area (Å²) in [5.41, 5.74) is 18.4. The fourth-order valence-corrected chi connectivity index (χ4v) is 11.5. The molecule has 3 aromatic heterocycles. The summed E-state index contributed by atoms with van der Waals surface area (Å²) in [4.78, 5) is 16.4. The molecule has 4 nitrogen and oxygen atoms in total. The average molecular weight is 951 g/mol. The highest BCUT2D eigenvalue weighted by Gasteiger charge is 2.22. The van der Waals surface area contributed by atoms with Crippen LogP contribution < -0.4 is 0 Å². The molecule has 0 saturated carbocycles. The number of nitrogens with zero attached hydrogens (tertiary/aromatic N) is 4. The van der Waals surface area contributed by atoms with Gasteiger partial charge in [-0.1, -0.05) is 189 Å². The second-order valence-corrected chi connectivity index (χ2v) is 19.7. The molecule has 0 aliphatic rings. The molecule has 0 radical (unpaired) electrons. The predicted molar refractivity (Wildman–Crippen MR) is 310 cm³/mol. The summed E-state index contributed by atoms with van der Waals surface area (Å²) in [7, 11) is 0. The lowest BCUT2D eigenvalue weighted by molar-refractivity contribution is 1.07. The normalized spacial score (nSPS) is 11.5. The molecule has 0 saturated heterocycles. The largest absolute Gasteiger partial charge is 0.309 e. The van der Waals surface area contributed by atoms with E-state index in [1.54, 1.807) is 11.3 Å². The van der Waals surface area contributed by atoms with E-state index in [9.17, 15) is 0 Å². The van der Waals surface area contributed by atoms with Gasteiger partial charge in [0.25, 0.3) is 0 Å². The number of aromatic nitrogens is 4. The maximum atomic E-state index is 5.51. The first-order valence-electron chi connectivity index (χ1n) is 24.5. The van der Waals surface area contributed by atoms with Gasteiger partial charge in [-0.05, 0) is 129 Å². The van der Waals surface area contributed by atoms with Gasteiger partial charge in [0.05, 0.1) is 11.0 Å². The van der Waals surface area contributed by atoms with Gasteiger partial charge in [0.15, 0.2) is 17.5 Å². The van der Waals surface area contributed by atoms with Gasteiger partial charge in [-0.25, -0.2) is 15.0 Å². The van der Waals surface area contributed by atoms with Crippen molar-refractivity contribution in [3.05, 3.63) is 254 Å². The third-order valence-electron chi connectivity index (χ3n) is 14.0. The fourth-order valence-electron chi connectivity index (χ4n) is 10.3. The highest BCUT2D eigenvalue weighted by atomic mass is 32.1. The molecule has 0 fully saturated rings. The van der Waals surface area contributed by atoms with Crippen molar-refractivity contribution in [1.82, 2.24) is 19.5 Å². The Morgan fingerprint density at radius 3 is 1.55 bits per heavy atom. The first-order chi connectivity index (χ1) is 35.9. The first kappa shape index (κ1) is 43.7. The van der Waals surface area contributed by atoms with Crippen LogP contribution in [0.2, 0.25) is 0 Å². The Hall–Kier alpha value is -9.29. The predicted octanol–water partition coefficient (Wildman–Crippen LogP) is 18.6. The molecule has 0 aliphatic carbocycles. The zero-order valence-corrected chi connectivity index (χ0v) is 40.9. The van der Waals surface area contributed by atoms with Crippen LogP contribution in [0.25, 0.3) is 138 Å². The summed E-state index contributed by atoms with van der Waals surface area (Å²) in [6.07, 6.45) is 3.76. The van der Waals surface area contributed by atoms with E-state index < -0.39 is 0 Å². The van der Waals surface area contributed by atoms with Crippen molar-refractivity contribution in [1.29, 1.82) is 0 Å². The summed E-state index contributed by atoms with van der Waals surface area (Å²) >= 11 is 1.79. The van der Waals surface area contributed by atoms with Crippen LogP contribution in [0, 0.1) is 6.92 Å². The molecule has 0 N–H and O–H groups in total. The molecule has 344 valence electrons. The van der Waals surface area contributed by atoms with E-state index in [1.807, 2.05) is 12.2 Å². The molecular formula is C68H46N4S. The molecule has 0 unspecified atom stereocenters. The molecule has 0 amide bonds. The molecule has 3 heterocycles. The molecule has 0 spiro atoms. The summed E-state index contributed by atoms with van der Waals surface area (Å²) in [6, 6.07) is 80.4. The molecule has 0 aliphatic heterocycles. The van der Waals surface area contributed by atoms with Crippen molar-refractivity contribution in [2.24, 2.45) is 0 Å². The van der Waals surface area contributed by atoms with Gasteiger partial charge in [-0.15, -0.1) is 11.3 Å². The highest BCUT2D eigenvalue weighted by molar-refractivity contribution is 7.26. The highest BCUT2D eigenvalue weighted by Crippen LogP contribution is 2.45. The zero-order chi connectivity index (χ0) is 49.0. The van der Waals surface area contributed by atoms with Crippen molar-refractivity contribution in [2.75, 3.05) is 0 Å². The van der Waals surface area contributed by atoms with E-state index in [1.165, 1.54) is 48.7 Å². The van der Waals surface area contributed by atoms with Gasteiger partial charge in [0.2, 0.25) is 0 Å². The van der Waals surface area contributed by atoms with Crippen molar-refractivity contribution >= 4 is 65.5 Å². The van der Waals surface area contributed by atoms with E-state index in [2.05, 4.69) is 249 Å². The van der Waals surface area contributed by atoms with Crippen molar-refractivity contribution in [3.8, 4) is 84.4 Å². The smallest absolute Gasteiger partial charge is 0.165 e. The zero-order valence-electron chi connectivity index (χ0n) is 40.1. The third-order valence-corrected chi connectivity index (χ3v) is 15.2. The first-order valence-corrected chi connectivity index (χ1v) is 25.4. The fraction of sp³-hybridized carbons (Fsp3) is 0.0147. The van der Waals surface area contributed by atoms with Crippen LogP contribution in [0.3, 0.4) is 0 Å². The number of benzene rings is 10. The van der Waals surface area contributed by atoms with Crippen LogP contribution in [0.4, 0.5) is 0 Å². The summed E-state index contributed by atoms with van der Waals surface area (Å²) in [6.45, 7) is 10.2. The minimum Gasteiger partial charge on any atom is -0.309 e. The molecular weight excluding hydrogens is 905 g/mol. The van der Waals surface area contributed by atoms with Crippen LogP contribution in [0.15, 0.2) is 238 Å². The number of fused-ring (bicyclic) bond motifs is 6. The van der Waals surface area contributed by atoms with Crippen molar-refractivity contribution in [3.63, 3.8) is 0 Å². The van der Waals surface area contributed by atoms with E-state index in [0.29, 0.717) is 17.5 Å². The number of hydrogen-bond acceptors (Lipinski definition) is 4. The minimum absolute atomic E-state index is 0.590. The molecule has 5 heteroatoms. The maximum Gasteiger partial charge on any atom is 0.165 e. The Bertz CT molecular complexity index is 4220. The van der Waals surface area contributed by atoms with Gasteiger partial charge >= 0.3 is 0 Å². The van der Waals surface area contributed by atoms with Crippen molar-refractivity contribution in [2.45, 2.75) is 6.92 Å². The topological polar surface area (TPSA) is 43.6 Å². The molecule has 0 atom stereocenters. The number of para-hydroxylation sites is 1. The minimum atomic E-state index is 0.590. The van der Waals surface area contributed by atoms with Gasteiger partial charge in [-0.2, -0.15) is 0 Å². The number of rotatable bonds is 10. The second-order valence-electron chi connectivity index (χ2n) is 18.6. The molecule has 0 bridgehead atoms. The lowest BCUT2D eigenvalue weighted by Gasteiger charge is -2.14. The van der Waals surface area contributed by atoms with Crippen LogP contribution in [0.5, 0.6) is 0 Å². The number of hydrogen-bond donors (Lipinski definition) is 0. The Morgan fingerprint density at radius 1 is 0.370 bits per heavy atom. The monoisotopic (exact) mass is 950 g/mol.